The van der Waals surface area contributed by atoms with Crippen molar-refractivity contribution >= 4 is 5.96 Å². The molecule has 3 N–H and O–H groups in total. The van der Waals surface area contributed by atoms with Crippen LogP contribution in [-0.2, 0) is 4.74 Å². The van der Waals surface area contributed by atoms with Crippen LogP contribution in [0.1, 0.15) is 45.4 Å². The Morgan fingerprint density at radius 1 is 1.26 bits per heavy atom. The van der Waals surface area contributed by atoms with E-state index in [9.17, 15) is 0 Å². The molecule has 0 atom stereocenters. The first-order chi connectivity index (χ1) is 9.36. The fourth-order valence-electron chi connectivity index (χ4n) is 2.25. The summed E-state index contributed by atoms with van der Waals surface area (Å²) in [7, 11) is 0. The summed E-state index contributed by atoms with van der Waals surface area (Å²) in [4.78, 5) is 4.44. The Kier molecular flexibility index (Phi) is 9.45. The lowest BCUT2D eigenvalue weighted by molar-refractivity contribution is 0.0281. The van der Waals surface area contributed by atoms with Gasteiger partial charge in [0.1, 0.15) is 0 Å². The lowest BCUT2D eigenvalue weighted by atomic mass is 9.98. The number of aliphatic imine (C=N–C) groups is 1. The molecule has 5 nitrogen and oxygen atoms in total. The second-order valence-electron chi connectivity index (χ2n) is 4.90. The Morgan fingerprint density at radius 2 is 2.05 bits per heavy atom. The minimum atomic E-state index is 0.120. The number of nitrogens with zero attached hydrogens (tertiary/aromatic N) is 1. The van der Waals surface area contributed by atoms with Crippen molar-refractivity contribution in [3.05, 3.63) is 0 Å². The number of hydrogen-bond acceptors (Lipinski definition) is 3. The zero-order chi connectivity index (χ0) is 13.8. The zero-order valence-corrected chi connectivity index (χ0v) is 12.2. The molecule has 112 valence electrons. The second kappa shape index (κ2) is 11.1. The van der Waals surface area contributed by atoms with E-state index < -0.39 is 0 Å². The minimum absolute atomic E-state index is 0.120. The Balaban J connectivity index is 2.08. The van der Waals surface area contributed by atoms with Crippen LogP contribution in [-0.4, -0.2) is 50.0 Å². The van der Waals surface area contributed by atoms with E-state index in [0.717, 1.165) is 32.1 Å². The van der Waals surface area contributed by atoms with Gasteiger partial charge in [-0.1, -0.05) is 19.3 Å². The molecule has 5 heteroatoms. The summed E-state index contributed by atoms with van der Waals surface area (Å²) >= 11 is 0. The molecule has 0 aromatic carbocycles. The zero-order valence-electron chi connectivity index (χ0n) is 12.2. The molecule has 0 aromatic rings. The lowest BCUT2D eigenvalue weighted by Crippen LogP contribution is -2.38. The molecular formula is C14H29N3O2. The average molecular weight is 271 g/mol. The predicted molar refractivity (Wildman–Crippen MR) is 78.5 cm³/mol. The maximum absolute atomic E-state index is 8.77. The minimum Gasteiger partial charge on any atom is -0.395 e. The number of rotatable bonds is 8. The number of aliphatic hydroxyl groups excluding tert-OH is 1. The van der Waals surface area contributed by atoms with E-state index >= 15 is 0 Å². The monoisotopic (exact) mass is 271 g/mol. The molecule has 1 saturated carbocycles. The normalized spacial score (nSPS) is 17.5. The van der Waals surface area contributed by atoms with Crippen LogP contribution >= 0.6 is 0 Å². The van der Waals surface area contributed by atoms with Gasteiger partial charge in [0.05, 0.1) is 12.7 Å². The van der Waals surface area contributed by atoms with Gasteiger partial charge >= 0.3 is 0 Å². The molecule has 0 spiro atoms. The first-order valence-corrected chi connectivity index (χ1v) is 7.61. The predicted octanol–water partition coefficient (Wildman–Crippen LogP) is 1.27. The van der Waals surface area contributed by atoms with Gasteiger partial charge in [0, 0.05) is 26.2 Å². The quantitative estimate of drug-likeness (QED) is 0.353. The van der Waals surface area contributed by atoms with E-state index in [-0.39, 0.29) is 6.61 Å². The summed E-state index contributed by atoms with van der Waals surface area (Å²) in [5.74, 6) is 0.772. The van der Waals surface area contributed by atoms with Crippen molar-refractivity contribution in [1.29, 1.82) is 0 Å². The van der Waals surface area contributed by atoms with Crippen LogP contribution in [0.2, 0.25) is 0 Å². The molecule has 1 aliphatic carbocycles. The largest absolute Gasteiger partial charge is 0.395 e. The van der Waals surface area contributed by atoms with Gasteiger partial charge in [-0.05, 0) is 26.2 Å². The third-order valence-electron chi connectivity index (χ3n) is 3.23. The van der Waals surface area contributed by atoms with Gasteiger partial charge in [0.15, 0.2) is 5.96 Å². The number of aliphatic hydroxyl groups is 1. The van der Waals surface area contributed by atoms with Crippen LogP contribution in [0.25, 0.3) is 0 Å². The Bertz CT molecular complexity index is 241. The fourth-order valence-corrected chi connectivity index (χ4v) is 2.25. The molecule has 0 unspecified atom stereocenters. The molecule has 0 radical (unpaired) electrons. The maximum Gasteiger partial charge on any atom is 0.191 e. The van der Waals surface area contributed by atoms with Gasteiger partial charge in [0.2, 0.25) is 0 Å². The van der Waals surface area contributed by atoms with E-state index in [0.29, 0.717) is 12.6 Å². The van der Waals surface area contributed by atoms with Crippen LogP contribution < -0.4 is 10.6 Å². The lowest BCUT2D eigenvalue weighted by Gasteiger charge is -2.21. The SMILES string of the molecule is CCNC(=NCCCOC1CCCCC1)NCCO. The molecule has 19 heavy (non-hydrogen) atoms. The molecule has 0 aromatic heterocycles. The maximum atomic E-state index is 8.77. The van der Waals surface area contributed by atoms with Gasteiger partial charge in [-0.3, -0.25) is 4.99 Å². The highest BCUT2D eigenvalue weighted by Gasteiger charge is 2.12. The summed E-state index contributed by atoms with van der Waals surface area (Å²) in [5, 5.41) is 15.0. The van der Waals surface area contributed by atoms with Crippen molar-refractivity contribution in [3.63, 3.8) is 0 Å². The highest BCUT2D eigenvalue weighted by Crippen LogP contribution is 2.20. The van der Waals surface area contributed by atoms with Crippen molar-refractivity contribution in [3.8, 4) is 0 Å². The first-order valence-electron chi connectivity index (χ1n) is 7.61. The number of hydrogen-bond donors (Lipinski definition) is 3. The van der Waals surface area contributed by atoms with Crippen LogP contribution in [0.4, 0.5) is 0 Å². The molecule has 1 fully saturated rings. The molecule has 0 heterocycles. The van der Waals surface area contributed by atoms with Crippen molar-refractivity contribution in [1.82, 2.24) is 10.6 Å². The number of guanidine groups is 1. The van der Waals surface area contributed by atoms with Crippen molar-refractivity contribution in [2.75, 3.05) is 32.8 Å². The van der Waals surface area contributed by atoms with Crippen LogP contribution in [0.15, 0.2) is 4.99 Å². The van der Waals surface area contributed by atoms with E-state index in [4.69, 9.17) is 9.84 Å². The van der Waals surface area contributed by atoms with Crippen LogP contribution in [0.5, 0.6) is 0 Å². The van der Waals surface area contributed by atoms with Gasteiger partial charge in [-0.2, -0.15) is 0 Å². The third-order valence-corrected chi connectivity index (χ3v) is 3.23. The highest BCUT2D eigenvalue weighted by molar-refractivity contribution is 5.79. The van der Waals surface area contributed by atoms with E-state index in [1.165, 1.54) is 32.1 Å². The molecule has 1 rings (SSSR count). The average Bonchev–Trinajstić information content (AvgIpc) is 2.45. The Morgan fingerprint density at radius 3 is 2.74 bits per heavy atom. The van der Waals surface area contributed by atoms with Gasteiger partial charge in [-0.25, -0.2) is 0 Å². The molecule has 0 saturated heterocycles. The van der Waals surface area contributed by atoms with E-state index in [1.54, 1.807) is 0 Å². The van der Waals surface area contributed by atoms with Crippen molar-refractivity contribution < 1.29 is 9.84 Å². The molecule has 0 aliphatic heterocycles. The third kappa shape index (κ3) is 8.06. The summed E-state index contributed by atoms with van der Waals surface area (Å²) < 4.78 is 5.86. The Hall–Kier alpha value is -0.810. The number of ether oxygens (including phenoxy) is 1. The van der Waals surface area contributed by atoms with E-state index in [2.05, 4.69) is 15.6 Å². The number of nitrogens with one attached hydrogen (secondary N) is 2. The summed E-state index contributed by atoms with van der Waals surface area (Å²) in [6, 6.07) is 0. The van der Waals surface area contributed by atoms with Gasteiger partial charge in [-0.15, -0.1) is 0 Å². The van der Waals surface area contributed by atoms with Crippen LogP contribution in [0.3, 0.4) is 0 Å². The highest BCUT2D eigenvalue weighted by atomic mass is 16.5. The summed E-state index contributed by atoms with van der Waals surface area (Å²) in [6.45, 7) is 5.07. The molecular weight excluding hydrogens is 242 g/mol. The summed E-state index contributed by atoms with van der Waals surface area (Å²) in [5.41, 5.74) is 0. The molecule has 0 amide bonds. The van der Waals surface area contributed by atoms with Gasteiger partial charge in [0.25, 0.3) is 0 Å². The molecule has 0 bridgehead atoms. The van der Waals surface area contributed by atoms with E-state index in [1.807, 2.05) is 6.92 Å². The second-order valence-corrected chi connectivity index (χ2v) is 4.90. The smallest absolute Gasteiger partial charge is 0.191 e. The molecule has 1 aliphatic rings. The van der Waals surface area contributed by atoms with Gasteiger partial charge < -0.3 is 20.5 Å². The van der Waals surface area contributed by atoms with Crippen molar-refractivity contribution in [2.45, 2.75) is 51.6 Å². The standard InChI is InChI=1S/C14H29N3O2/c1-2-15-14(17-10-11-18)16-9-6-12-19-13-7-4-3-5-8-13/h13,18H,2-12H2,1H3,(H2,15,16,17). The summed E-state index contributed by atoms with van der Waals surface area (Å²) in [6.07, 6.45) is 7.89. The first kappa shape index (κ1) is 16.2. The van der Waals surface area contributed by atoms with Crippen molar-refractivity contribution in [2.24, 2.45) is 4.99 Å². The topological polar surface area (TPSA) is 65.9 Å². The van der Waals surface area contributed by atoms with Crippen LogP contribution in [0, 0.1) is 0 Å². The fraction of sp³-hybridized carbons (Fsp3) is 0.929. The Labute approximate surface area is 116 Å².